The molecule has 0 aromatic carbocycles. The van der Waals surface area contributed by atoms with Gasteiger partial charge in [-0.05, 0) is 43.8 Å². The lowest BCUT2D eigenvalue weighted by Gasteiger charge is -2.29. The standard InChI is InChI=1S/C13H19N5S/c1-18-5-2-3-9(8-18)7-15-11-10-4-6-19-12(10)17-13(14)16-11/h4,6,9H,2-3,5,7-8H2,1H3,(H3,14,15,16,17). The lowest BCUT2D eigenvalue weighted by Crippen LogP contribution is -2.35. The minimum Gasteiger partial charge on any atom is -0.369 e. The van der Waals surface area contributed by atoms with Crippen molar-refractivity contribution in [3.05, 3.63) is 11.4 Å². The Morgan fingerprint density at radius 1 is 1.53 bits per heavy atom. The first kappa shape index (κ1) is 12.6. The van der Waals surface area contributed by atoms with Gasteiger partial charge in [0.05, 0.1) is 5.39 Å². The van der Waals surface area contributed by atoms with Crippen molar-refractivity contribution in [3.8, 4) is 0 Å². The van der Waals surface area contributed by atoms with E-state index in [1.54, 1.807) is 11.3 Å². The average molecular weight is 277 g/mol. The first-order chi connectivity index (χ1) is 9.22. The number of hydrogen-bond donors (Lipinski definition) is 2. The molecule has 1 atom stereocenters. The molecule has 1 fully saturated rings. The molecule has 0 spiro atoms. The summed E-state index contributed by atoms with van der Waals surface area (Å²) < 4.78 is 0. The van der Waals surface area contributed by atoms with Gasteiger partial charge < -0.3 is 16.0 Å². The first-order valence-corrected chi connectivity index (χ1v) is 7.53. The number of piperidine rings is 1. The Hall–Kier alpha value is -1.40. The summed E-state index contributed by atoms with van der Waals surface area (Å²) in [5.74, 6) is 1.90. The Balaban J connectivity index is 1.72. The molecule has 1 aliphatic rings. The molecule has 0 bridgehead atoms. The molecule has 0 radical (unpaired) electrons. The van der Waals surface area contributed by atoms with Crippen LogP contribution in [0, 0.1) is 5.92 Å². The van der Waals surface area contributed by atoms with E-state index in [0.717, 1.165) is 29.1 Å². The maximum absolute atomic E-state index is 5.75. The molecule has 0 amide bonds. The fourth-order valence-electron chi connectivity index (χ4n) is 2.69. The van der Waals surface area contributed by atoms with Gasteiger partial charge in [0.2, 0.25) is 5.95 Å². The quantitative estimate of drug-likeness (QED) is 0.898. The molecule has 1 saturated heterocycles. The average Bonchev–Trinajstić information content (AvgIpc) is 2.84. The Kier molecular flexibility index (Phi) is 3.52. The third-order valence-corrected chi connectivity index (χ3v) is 4.43. The van der Waals surface area contributed by atoms with Gasteiger partial charge in [0.15, 0.2) is 0 Å². The van der Waals surface area contributed by atoms with Gasteiger partial charge in [0.1, 0.15) is 10.6 Å². The Labute approximate surface area is 116 Å². The molecule has 0 aliphatic carbocycles. The first-order valence-electron chi connectivity index (χ1n) is 6.65. The third-order valence-electron chi connectivity index (χ3n) is 3.62. The summed E-state index contributed by atoms with van der Waals surface area (Å²) >= 11 is 1.60. The zero-order chi connectivity index (χ0) is 13.2. The summed E-state index contributed by atoms with van der Waals surface area (Å²) in [5.41, 5.74) is 5.75. The summed E-state index contributed by atoms with van der Waals surface area (Å²) in [6, 6.07) is 2.05. The van der Waals surface area contributed by atoms with Crippen LogP contribution in [0.2, 0.25) is 0 Å². The van der Waals surface area contributed by atoms with Crippen molar-refractivity contribution in [2.45, 2.75) is 12.8 Å². The van der Waals surface area contributed by atoms with Crippen LogP contribution >= 0.6 is 11.3 Å². The number of nitrogens with one attached hydrogen (secondary N) is 1. The molecule has 2 aromatic rings. The summed E-state index contributed by atoms with van der Waals surface area (Å²) in [5, 5.41) is 6.55. The van der Waals surface area contributed by atoms with Crippen molar-refractivity contribution in [2.75, 3.05) is 37.7 Å². The van der Waals surface area contributed by atoms with Crippen molar-refractivity contribution < 1.29 is 0 Å². The van der Waals surface area contributed by atoms with E-state index in [2.05, 4.69) is 33.3 Å². The second kappa shape index (κ2) is 5.30. The van der Waals surface area contributed by atoms with Crippen molar-refractivity contribution in [3.63, 3.8) is 0 Å². The molecule has 102 valence electrons. The number of likely N-dealkylation sites (tertiary alicyclic amines) is 1. The highest BCUT2D eigenvalue weighted by molar-refractivity contribution is 7.16. The number of fused-ring (bicyclic) bond motifs is 1. The van der Waals surface area contributed by atoms with Crippen LogP contribution in [0.1, 0.15) is 12.8 Å². The minimum absolute atomic E-state index is 0.346. The third kappa shape index (κ3) is 2.79. The minimum atomic E-state index is 0.346. The maximum atomic E-state index is 5.75. The topological polar surface area (TPSA) is 67.1 Å². The molecule has 1 unspecified atom stereocenters. The van der Waals surface area contributed by atoms with E-state index in [4.69, 9.17) is 5.73 Å². The van der Waals surface area contributed by atoms with Crippen LogP contribution in [-0.4, -0.2) is 41.5 Å². The van der Waals surface area contributed by atoms with Crippen molar-refractivity contribution >= 4 is 33.3 Å². The lowest BCUT2D eigenvalue weighted by molar-refractivity contribution is 0.217. The number of hydrogen-bond acceptors (Lipinski definition) is 6. The second-order valence-corrected chi connectivity index (χ2v) is 6.12. The highest BCUT2D eigenvalue weighted by Crippen LogP contribution is 2.26. The van der Waals surface area contributed by atoms with Crippen LogP contribution in [0.15, 0.2) is 11.4 Å². The Morgan fingerprint density at radius 2 is 2.42 bits per heavy atom. The van der Waals surface area contributed by atoms with E-state index in [1.807, 2.05) is 5.38 Å². The van der Waals surface area contributed by atoms with Crippen LogP contribution in [-0.2, 0) is 0 Å². The number of nitrogen functional groups attached to an aromatic ring is 1. The summed E-state index contributed by atoms with van der Waals surface area (Å²) in [4.78, 5) is 11.9. The second-order valence-electron chi connectivity index (χ2n) is 5.22. The molecular weight excluding hydrogens is 258 g/mol. The number of aromatic nitrogens is 2. The highest BCUT2D eigenvalue weighted by Gasteiger charge is 2.17. The molecule has 0 saturated carbocycles. The van der Waals surface area contributed by atoms with Gasteiger partial charge in [-0.3, -0.25) is 0 Å². The van der Waals surface area contributed by atoms with Gasteiger partial charge in [-0.25, -0.2) is 4.98 Å². The number of anilines is 2. The van der Waals surface area contributed by atoms with Crippen molar-refractivity contribution in [2.24, 2.45) is 5.92 Å². The van der Waals surface area contributed by atoms with Crippen LogP contribution in [0.25, 0.3) is 10.2 Å². The zero-order valence-corrected chi connectivity index (χ0v) is 11.9. The van der Waals surface area contributed by atoms with Gasteiger partial charge in [0.25, 0.3) is 0 Å². The highest BCUT2D eigenvalue weighted by atomic mass is 32.1. The Bertz CT molecular complexity index is 567. The van der Waals surface area contributed by atoms with Gasteiger partial charge in [-0.2, -0.15) is 4.98 Å². The predicted molar refractivity (Wildman–Crippen MR) is 80.5 cm³/mol. The van der Waals surface area contributed by atoms with Crippen LogP contribution in [0.4, 0.5) is 11.8 Å². The maximum Gasteiger partial charge on any atom is 0.223 e. The number of thiophene rings is 1. The molecule has 2 aromatic heterocycles. The number of nitrogens with two attached hydrogens (primary N) is 1. The molecule has 5 nitrogen and oxygen atoms in total. The van der Waals surface area contributed by atoms with Crippen molar-refractivity contribution in [1.82, 2.24) is 14.9 Å². The van der Waals surface area contributed by atoms with Crippen LogP contribution in [0.5, 0.6) is 0 Å². The smallest absolute Gasteiger partial charge is 0.223 e. The molecule has 3 N–H and O–H groups in total. The van der Waals surface area contributed by atoms with Crippen LogP contribution < -0.4 is 11.1 Å². The van der Waals surface area contributed by atoms with E-state index >= 15 is 0 Å². The normalized spacial score (nSPS) is 20.8. The van der Waals surface area contributed by atoms with E-state index in [-0.39, 0.29) is 0 Å². The van der Waals surface area contributed by atoms with Crippen molar-refractivity contribution in [1.29, 1.82) is 0 Å². The lowest BCUT2D eigenvalue weighted by atomic mass is 9.98. The number of nitrogens with zero attached hydrogens (tertiary/aromatic N) is 3. The fourth-order valence-corrected chi connectivity index (χ4v) is 3.46. The largest absolute Gasteiger partial charge is 0.369 e. The van der Waals surface area contributed by atoms with Gasteiger partial charge >= 0.3 is 0 Å². The monoisotopic (exact) mass is 277 g/mol. The fraction of sp³-hybridized carbons (Fsp3) is 0.538. The zero-order valence-electron chi connectivity index (χ0n) is 11.1. The molecule has 3 rings (SSSR count). The van der Waals surface area contributed by atoms with Crippen LogP contribution in [0.3, 0.4) is 0 Å². The summed E-state index contributed by atoms with van der Waals surface area (Å²) in [6.07, 6.45) is 2.56. The van der Waals surface area contributed by atoms with Gasteiger partial charge in [-0.15, -0.1) is 11.3 Å². The summed E-state index contributed by atoms with van der Waals surface area (Å²) in [6.45, 7) is 3.32. The van der Waals surface area contributed by atoms with E-state index in [9.17, 15) is 0 Å². The predicted octanol–water partition coefficient (Wildman–Crippen LogP) is 2.03. The van der Waals surface area contributed by atoms with E-state index < -0.39 is 0 Å². The molecule has 1 aliphatic heterocycles. The number of rotatable bonds is 3. The molecule has 3 heterocycles. The van der Waals surface area contributed by atoms with Gasteiger partial charge in [0, 0.05) is 13.1 Å². The SMILES string of the molecule is CN1CCCC(CNc2nc(N)nc3sccc23)C1. The van der Waals surface area contributed by atoms with Gasteiger partial charge in [-0.1, -0.05) is 0 Å². The van der Waals surface area contributed by atoms with E-state index in [1.165, 1.54) is 19.4 Å². The van der Waals surface area contributed by atoms with E-state index in [0.29, 0.717) is 11.9 Å². The Morgan fingerprint density at radius 3 is 3.26 bits per heavy atom. The summed E-state index contributed by atoms with van der Waals surface area (Å²) in [7, 11) is 2.19. The molecular formula is C13H19N5S. The molecule has 19 heavy (non-hydrogen) atoms. The molecule has 6 heteroatoms.